The first kappa shape index (κ1) is 21.8. The van der Waals surface area contributed by atoms with Crippen molar-refractivity contribution >= 4 is 29.6 Å². The molecule has 0 aromatic heterocycles. The van der Waals surface area contributed by atoms with E-state index in [2.05, 4.69) is 10.6 Å². The topological polar surface area (TPSA) is 140 Å². The predicted octanol–water partition coefficient (Wildman–Crippen LogP) is 0.805. The predicted molar refractivity (Wildman–Crippen MR) is 90.3 cm³/mol. The van der Waals surface area contributed by atoms with Gasteiger partial charge >= 0.3 is 11.9 Å². The third kappa shape index (κ3) is 8.43. The monoisotopic (exact) mass is 357 g/mol. The van der Waals surface area contributed by atoms with Gasteiger partial charge in [-0.25, -0.2) is 9.59 Å². The number of carbonyl (C=O) groups excluding carboxylic acids is 1. The van der Waals surface area contributed by atoms with Crippen LogP contribution in [0, 0.1) is 17.2 Å². The smallest absolute Gasteiger partial charge is 0.326 e. The average Bonchev–Trinajstić information content (AvgIpc) is 2.49. The molecule has 0 radical (unpaired) electrons. The average molecular weight is 357 g/mol. The lowest BCUT2D eigenvalue weighted by atomic mass is 10.0. The summed E-state index contributed by atoms with van der Waals surface area (Å²) in [4.78, 5) is 34.2. The Labute approximate surface area is 145 Å². The van der Waals surface area contributed by atoms with Crippen LogP contribution in [0.4, 0.5) is 0 Å². The molecule has 134 valence electrons. The fourth-order valence-corrected chi connectivity index (χ4v) is 2.24. The molecule has 0 bridgehead atoms. The zero-order chi connectivity index (χ0) is 18.7. The number of hydrogen-bond donors (Lipinski definition) is 4. The summed E-state index contributed by atoms with van der Waals surface area (Å²) in [5.41, 5.74) is -0.375. The van der Waals surface area contributed by atoms with Crippen LogP contribution in [0.5, 0.6) is 0 Å². The Bertz CT molecular complexity index is 528. The van der Waals surface area contributed by atoms with Gasteiger partial charge in [0.15, 0.2) is 0 Å². The Kier molecular flexibility index (Phi) is 10.3. The first-order valence-corrected chi connectivity index (χ1v) is 8.74. The molecule has 0 aromatic rings. The van der Waals surface area contributed by atoms with E-state index < -0.39 is 29.9 Å². The molecule has 0 spiro atoms. The van der Waals surface area contributed by atoms with Crippen molar-refractivity contribution in [2.75, 3.05) is 12.0 Å². The first-order chi connectivity index (χ1) is 11.2. The summed E-state index contributed by atoms with van der Waals surface area (Å²) in [6.07, 6.45) is 3.37. The normalized spacial score (nSPS) is 13.7. The van der Waals surface area contributed by atoms with Gasteiger partial charge in [0, 0.05) is 6.20 Å². The molecule has 0 heterocycles. The van der Waals surface area contributed by atoms with Gasteiger partial charge in [0.05, 0.1) is 0 Å². The Balaban J connectivity index is 4.97. The van der Waals surface area contributed by atoms with E-state index in [9.17, 15) is 14.4 Å². The fraction of sp³-hybridized carbons (Fsp3) is 0.600. The number of nitrogens with one attached hydrogen (secondary N) is 2. The molecule has 2 atom stereocenters. The van der Waals surface area contributed by atoms with Gasteiger partial charge in [0.25, 0.3) is 5.91 Å². The van der Waals surface area contributed by atoms with Crippen molar-refractivity contribution in [1.82, 2.24) is 10.6 Å². The number of carboxylic acids is 2. The highest BCUT2D eigenvalue weighted by Crippen LogP contribution is 2.06. The maximum Gasteiger partial charge on any atom is 0.326 e. The fourth-order valence-electron chi connectivity index (χ4n) is 1.77. The molecule has 1 amide bonds. The summed E-state index contributed by atoms with van der Waals surface area (Å²) >= 11 is 1.44. The molecule has 9 heteroatoms. The van der Waals surface area contributed by atoms with Crippen LogP contribution < -0.4 is 10.6 Å². The van der Waals surface area contributed by atoms with E-state index >= 15 is 0 Å². The number of hydrogen-bond acceptors (Lipinski definition) is 6. The van der Waals surface area contributed by atoms with Crippen molar-refractivity contribution in [3.63, 3.8) is 0 Å². The zero-order valence-electron chi connectivity index (χ0n) is 13.9. The molecule has 8 nitrogen and oxygen atoms in total. The highest BCUT2D eigenvalue weighted by molar-refractivity contribution is 7.98. The van der Waals surface area contributed by atoms with E-state index in [-0.39, 0.29) is 17.9 Å². The summed E-state index contributed by atoms with van der Waals surface area (Å²) < 4.78 is 0. The second kappa shape index (κ2) is 11.3. The number of rotatable bonds is 11. The molecule has 0 rings (SSSR count). The van der Waals surface area contributed by atoms with Crippen LogP contribution in [-0.2, 0) is 14.4 Å². The van der Waals surface area contributed by atoms with Gasteiger partial charge in [-0.2, -0.15) is 17.0 Å². The van der Waals surface area contributed by atoms with Gasteiger partial charge in [-0.05, 0) is 30.8 Å². The molecule has 0 aliphatic heterocycles. The van der Waals surface area contributed by atoms with Gasteiger partial charge in [0.1, 0.15) is 23.7 Å². The first-order valence-electron chi connectivity index (χ1n) is 7.34. The standard InChI is InChI=1S/C15H23N3O5S/c1-9(2)6-12(15(22)23)17-8-10(7-16)13(19)18-11(14(20)21)4-5-24-3/h8-9,11-12,17H,4-6H2,1-3H3,(H,18,19)(H,20,21)(H,22,23)/b10-8-. The molecule has 0 fully saturated rings. The third-order valence-electron chi connectivity index (χ3n) is 3.01. The maximum atomic E-state index is 12.0. The van der Waals surface area contributed by atoms with Crippen LogP contribution in [0.3, 0.4) is 0 Å². The molecule has 0 aliphatic rings. The Morgan fingerprint density at radius 2 is 1.79 bits per heavy atom. The quantitative estimate of drug-likeness (QED) is 0.314. The Morgan fingerprint density at radius 1 is 1.21 bits per heavy atom. The lowest BCUT2D eigenvalue weighted by Gasteiger charge is -2.16. The minimum Gasteiger partial charge on any atom is -0.480 e. The summed E-state index contributed by atoms with van der Waals surface area (Å²) in [5, 5.41) is 32.0. The zero-order valence-corrected chi connectivity index (χ0v) is 14.7. The second-order valence-corrected chi connectivity index (χ2v) is 6.49. The largest absolute Gasteiger partial charge is 0.480 e. The van der Waals surface area contributed by atoms with Crippen molar-refractivity contribution in [3.8, 4) is 6.07 Å². The number of nitriles is 1. The number of thioether (sulfide) groups is 1. The van der Waals surface area contributed by atoms with E-state index in [1.165, 1.54) is 11.8 Å². The highest BCUT2D eigenvalue weighted by Gasteiger charge is 2.22. The van der Waals surface area contributed by atoms with E-state index in [0.29, 0.717) is 12.2 Å². The van der Waals surface area contributed by atoms with E-state index in [4.69, 9.17) is 15.5 Å². The van der Waals surface area contributed by atoms with Gasteiger partial charge in [-0.15, -0.1) is 0 Å². The minimum atomic E-state index is -1.19. The minimum absolute atomic E-state index is 0.106. The summed E-state index contributed by atoms with van der Waals surface area (Å²) in [6.45, 7) is 3.70. The van der Waals surface area contributed by atoms with E-state index in [1.54, 1.807) is 6.07 Å². The van der Waals surface area contributed by atoms with Crippen LogP contribution in [0.15, 0.2) is 11.8 Å². The lowest BCUT2D eigenvalue weighted by molar-refractivity contribution is -0.141. The Hall–Kier alpha value is -2.21. The van der Waals surface area contributed by atoms with Gasteiger partial charge in [0.2, 0.25) is 0 Å². The van der Waals surface area contributed by atoms with Crippen LogP contribution in [0.1, 0.15) is 26.7 Å². The number of carbonyl (C=O) groups is 3. The van der Waals surface area contributed by atoms with Crippen molar-refractivity contribution in [2.45, 2.75) is 38.8 Å². The molecule has 0 saturated heterocycles. The van der Waals surface area contributed by atoms with E-state index in [1.807, 2.05) is 20.1 Å². The second-order valence-electron chi connectivity index (χ2n) is 5.50. The van der Waals surface area contributed by atoms with Crippen molar-refractivity contribution in [2.24, 2.45) is 5.92 Å². The van der Waals surface area contributed by atoms with E-state index in [0.717, 1.165) is 6.20 Å². The van der Waals surface area contributed by atoms with Gasteiger partial charge in [-0.1, -0.05) is 13.8 Å². The van der Waals surface area contributed by atoms with Gasteiger partial charge < -0.3 is 20.8 Å². The number of aliphatic carboxylic acids is 2. The highest BCUT2D eigenvalue weighted by atomic mass is 32.2. The molecule has 24 heavy (non-hydrogen) atoms. The number of carboxylic acid groups (broad SMARTS) is 2. The van der Waals surface area contributed by atoms with Crippen LogP contribution in [0.2, 0.25) is 0 Å². The SMILES string of the molecule is CSCCC(NC(=O)/C(C#N)=C\NC(CC(C)C)C(=O)O)C(=O)O. The molecule has 2 unspecified atom stereocenters. The summed E-state index contributed by atoms with van der Waals surface area (Å²) in [7, 11) is 0. The van der Waals surface area contributed by atoms with Gasteiger partial charge in [-0.3, -0.25) is 4.79 Å². The number of nitrogens with zero attached hydrogens (tertiary/aromatic N) is 1. The molecule has 0 aromatic carbocycles. The molecular weight excluding hydrogens is 334 g/mol. The molecule has 0 saturated carbocycles. The third-order valence-corrected chi connectivity index (χ3v) is 3.66. The summed E-state index contributed by atoms with van der Waals surface area (Å²) in [5.74, 6) is -2.50. The van der Waals surface area contributed by atoms with Crippen molar-refractivity contribution in [1.29, 1.82) is 5.26 Å². The van der Waals surface area contributed by atoms with Crippen LogP contribution in [-0.4, -0.2) is 52.2 Å². The molecule has 4 N–H and O–H groups in total. The Morgan fingerprint density at radius 3 is 2.21 bits per heavy atom. The summed E-state index contributed by atoms with van der Waals surface area (Å²) in [6, 6.07) is -0.396. The van der Waals surface area contributed by atoms with Crippen LogP contribution in [0.25, 0.3) is 0 Å². The lowest BCUT2D eigenvalue weighted by Crippen LogP contribution is -2.42. The molecule has 0 aliphatic carbocycles. The van der Waals surface area contributed by atoms with Crippen molar-refractivity contribution in [3.05, 3.63) is 11.8 Å². The maximum absolute atomic E-state index is 12.0. The number of amides is 1. The molecular formula is C15H23N3O5S. The van der Waals surface area contributed by atoms with Crippen molar-refractivity contribution < 1.29 is 24.6 Å². The van der Waals surface area contributed by atoms with Crippen LogP contribution >= 0.6 is 11.8 Å².